The molecule has 39 heavy (non-hydrogen) atoms. The molecule has 1 saturated heterocycles. The van der Waals surface area contributed by atoms with Crippen molar-refractivity contribution in [1.29, 1.82) is 0 Å². The van der Waals surface area contributed by atoms with E-state index in [4.69, 9.17) is 9.47 Å². The summed E-state index contributed by atoms with van der Waals surface area (Å²) in [6.07, 6.45) is 0.677. The number of rotatable bonds is 7. The van der Waals surface area contributed by atoms with Crippen molar-refractivity contribution in [3.8, 4) is 5.75 Å². The first-order valence-corrected chi connectivity index (χ1v) is 12.9. The van der Waals surface area contributed by atoms with Crippen molar-refractivity contribution < 1.29 is 29.0 Å². The molecule has 0 radical (unpaired) electrons. The predicted molar refractivity (Wildman–Crippen MR) is 150 cm³/mol. The molecule has 0 aromatic heterocycles. The van der Waals surface area contributed by atoms with Crippen LogP contribution < -0.4 is 9.64 Å². The zero-order valence-corrected chi connectivity index (χ0v) is 22.9. The monoisotopic (exact) mass is 527 g/mol. The molecule has 1 heterocycles. The summed E-state index contributed by atoms with van der Waals surface area (Å²) in [7, 11) is 1.58. The van der Waals surface area contributed by atoms with Crippen molar-refractivity contribution >= 4 is 29.1 Å². The van der Waals surface area contributed by atoms with Crippen LogP contribution in [0.2, 0.25) is 0 Å². The molecule has 0 saturated carbocycles. The van der Waals surface area contributed by atoms with Crippen LogP contribution >= 0.6 is 0 Å². The summed E-state index contributed by atoms with van der Waals surface area (Å²) in [4.78, 5) is 40.9. The average molecular weight is 528 g/mol. The van der Waals surface area contributed by atoms with Gasteiger partial charge in [-0.25, -0.2) is 4.79 Å². The van der Waals surface area contributed by atoms with Gasteiger partial charge in [-0.2, -0.15) is 0 Å². The van der Waals surface area contributed by atoms with E-state index in [0.717, 1.165) is 5.56 Å². The van der Waals surface area contributed by atoms with Gasteiger partial charge in [0.05, 0.1) is 30.9 Å². The molecule has 4 rings (SSSR count). The summed E-state index contributed by atoms with van der Waals surface area (Å²) in [5.74, 6) is -1.75. The molecular formula is C32H33NO6. The molecule has 1 amide bonds. The first kappa shape index (κ1) is 27.6. The Balaban J connectivity index is 1.89. The van der Waals surface area contributed by atoms with Crippen LogP contribution in [0.25, 0.3) is 5.76 Å². The smallest absolute Gasteiger partial charge is 0.338 e. The quantitative estimate of drug-likeness (QED) is 0.171. The summed E-state index contributed by atoms with van der Waals surface area (Å²) >= 11 is 0. The molecule has 0 bridgehead atoms. The third-order valence-electron chi connectivity index (χ3n) is 6.64. The average Bonchev–Trinajstić information content (AvgIpc) is 3.21. The van der Waals surface area contributed by atoms with Gasteiger partial charge < -0.3 is 14.6 Å². The lowest BCUT2D eigenvalue weighted by molar-refractivity contribution is -0.132. The molecule has 0 spiro atoms. The van der Waals surface area contributed by atoms with E-state index in [9.17, 15) is 19.5 Å². The van der Waals surface area contributed by atoms with Gasteiger partial charge in [-0.1, -0.05) is 64.1 Å². The number of benzene rings is 3. The van der Waals surface area contributed by atoms with E-state index in [2.05, 4.69) is 0 Å². The summed E-state index contributed by atoms with van der Waals surface area (Å²) in [6.45, 7) is 8.24. The number of aliphatic hydroxyl groups excluding tert-OH is 1. The van der Waals surface area contributed by atoms with Gasteiger partial charge in [-0.05, 0) is 53.8 Å². The lowest BCUT2D eigenvalue weighted by atomic mass is 9.84. The number of carbonyl (C=O) groups excluding carboxylic acids is 3. The Morgan fingerprint density at radius 1 is 0.949 bits per heavy atom. The van der Waals surface area contributed by atoms with Crippen LogP contribution in [0, 0.1) is 0 Å². The van der Waals surface area contributed by atoms with Gasteiger partial charge in [0.25, 0.3) is 11.7 Å². The number of nitrogens with zero attached hydrogens (tertiary/aromatic N) is 1. The number of amides is 1. The molecule has 7 heteroatoms. The molecular weight excluding hydrogens is 494 g/mol. The van der Waals surface area contributed by atoms with Gasteiger partial charge in [0.2, 0.25) is 0 Å². The zero-order valence-electron chi connectivity index (χ0n) is 22.9. The van der Waals surface area contributed by atoms with Gasteiger partial charge >= 0.3 is 5.97 Å². The summed E-state index contributed by atoms with van der Waals surface area (Å²) in [5, 5.41) is 11.6. The minimum absolute atomic E-state index is 0.0322. The largest absolute Gasteiger partial charge is 0.507 e. The number of hydrogen-bond donors (Lipinski definition) is 1. The SMILES string of the molecule is CCCOC(=O)c1cccc(N2C(=O)C(=O)/C(=C(\O)c3ccc(OC)c(C(C)(C)C)c3)C2c2ccccc2)c1. The van der Waals surface area contributed by atoms with E-state index in [-0.39, 0.29) is 28.9 Å². The van der Waals surface area contributed by atoms with E-state index >= 15 is 0 Å². The summed E-state index contributed by atoms with van der Waals surface area (Å²) in [5.41, 5.74) is 2.16. The molecule has 3 aromatic carbocycles. The van der Waals surface area contributed by atoms with Crippen molar-refractivity contribution in [1.82, 2.24) is 0 Å². The minimum Gasteiger partial charge on any atom is -0.507 e. The summed E-state index contributed by atoms with van der Waals surface area (Å²) < 4.78 is 10.8. The third kappa shape index (κ3) is 5.43. The standard InChI is InChI=1S/C32H33NO6/c1-6-17-39-31(37)22-13-10-14-23(18-22)33-27(20-11-8-7-9-12-20)26(29(35)30(33)36)28(34)21-15-16-25(38-5)24(19-21)32(2,3)4/h7-16,18-19,27,34H,6,17H2,1-5H3/b28-26-. The van der Waals surface area contributed by atoms with Crippen LogP contribution in [0.3, 0.4) is 0 Å². The van der Waals surface area contributed by atoms with Gasteiger partial charge in [0.1, 0.15) is 11.5 Å². The Morgan fingerprint density at radius 3 is 2.31 bits per heavy atom. The van der Waals surface area contributed by atoms with E-state index in [1.165, 1.54) is 11.0 Å². The predicted octanol–water partition coefficient (Wildman–Crippen LogP) is 6.19. The maximum atomic E-state index is 13.5. The second-order valence-corrected chi connectivity index (χ2v) is 10.4. The third-order valence-corrected chi connectivity index (χ3v) is 6.64. The molecule has 7 nitrogen and oxygen atoms in total. The molecule has 1 aliphatic heterocycles. The van der Waals surface area contributed by atoms with Gasteiger partial charge in [0.15, 0.2) is 0 Å². The fraction of sp³-hybridized carbons (Fsp3) is 0.281. The summed E-state index contributed by atoms with van der Waals surface area (Å²) in [6, 6.07) is 19.7. The molecule has 3 aromatic rings. The first-order chi connectivity index (χ1) is 18.6. The molecule has 1 fully saturated rings. The van der Waals surface area contributed by atoms with Gasteiger partial charge in [-0.3, -0.25) is 14.5 Å². The zero-order chi connectivity index (χ0) is 28.3. The Hall–Kier alpha value is -4.39. The number of ether oxygens (including phenoxy) is 2. The highest BCUT2D eigenvalue weighted by Crippen LogP contribution is 2.43. The van der Waals surface area contributed by atoms with Gasteiger partial charge in [0, 0.05) is 16.8 Å². The van der Waals surface area contributed by atoms with Crippen LogP contribution in [0.1, 0.15) is 67.2 Å². The molecule has 1 unspecified atom stereocenters. The second-order valence-electron chi connectivity index (χ2n) is 10.4. The highest BCUT2D eigenvalue weighted by molar-refractivity contribution is 6.51. The molecule has 202 valence electrons. The van der Waals surface area contributed by atoms with Crippen LogP contribution in [0.15, 0.2) is 78.4 Å². The van der Waals surface area contributed by atoms with Crippen LogP contribution in [-0.2, 0) is 19.7 Å². The first-order valence-electron chi connectivity index (χ1n) is 12.9. The maximum Gasteiger partial charge on any atom is 0.338 e. The fourth-order valence-corrected chi connectivity index (χ4v) is 4.71. The van der Waals surface area contributed by atoms with Crippen molar-refractivity contribution in [2.24, 2.45) is 0 Å². The number of aliphatic hydroxyl groups is 1. The number of hydrogen-bond acceptors (Lipinski definition) is 6. The van der Waals surface area contributed by atoms with Crippen LogP contribution in [0.5, 0.6) is 5.75 Å². The van der Waals surface area contributed by atoms with E-state index in [0.29, 0.717) is 29.0 Å². The number of anilines is 1. The van der Waals surface area contributed by atoms with Crippen LogP contribution in [-0.4, -0.2) is 36.5 Å². The van der Waals surface area contributed by atoms with Crippen LogP contribution in [0.4, 0.5) is 5.69 Å². The Kier molecular flexibility index (Phi) is 7.90. The molecule has 0 aliphatic carbocycles. The second kappa shape index (κ2) is 11.2. The molecule has 1 atom stereocenters. The molecule has 1 aliphatic rings. The van der Waals surface area contributed by atoms with Gasteiger partial charge in [-0.15, -0.1) is 0 Å². The van der Waals surface area contributed by atoms with E-state index < -0.39 is 23.7 Å². The Morgan fingerprint density at radius 2 is 1.67 bits per heavy atom. The van der Waals surface area contributed by atoms with Crippen molar-refractivity contribution in [2.45, 2.75) is 45.6 Å². The highest BCUT2D eigenvalue weighted by atomic mass is 16.5. The van der Waals surface area contributed by atoms with Crippen molar-refractivity contribution in [3.63, 3.8) is 0 Å². The number of carbonyl (C=O) groups is 3. The van der Waals surface area contributed by atoms with Crippen molar-refractivity contribution in [2.75, 3.05) is 18.6 Å². The number of ketones is 1. The van der Waals surface area contributed by atoms with E-state index in [1.807, 2.05) is 33.8 Å². The topological polar surface area (TPSA) is 93.1 Å². The number of esters is 1. The maximum absolute atomic E-state index is 13.5. The normalized spacial score (nSPS) is 16.8. The number of Topliss-reactive ketones (excluding diaryl/α,β-unsaturated/α-hetero) is 1. The number of methoxy groups -OCH3 is 1. The van der Waals surface area contributed by atoms with E-state index in [1.54, 1.807) is 67.8 Å². The minimum atomic E-state index is -0.909. The molecule has 1 N–H and O–H groups in total. The Bertz CT molecular complexity index is 1430. The fourth-order valence-electron chi connectivity index (χ4n) is 4.71. The lowest BCUT2D eigenvalue weighted by Gasteiger charge is -2.26. The Labute approximate surface area is 228 Å². The lowest BCUT2D eigenvalue weighted by Crippen LogP contribution is -2.29. The van der Waals surface area contributed by atoms with Crippen molar-refractivity contribution in [3.05, 3.63) is 101 Å². The highest BCUT2D eigenvalue weighted by Gasteiger charge is 2.47.